The van der Waals surface area contributed by atoms with Crippen LogP contribution in [0.3, 0.4) is 0 Å². The van der Waals surface area contributed by atoms with Gasteiger partial charge in [0.15, 0.2) is 5.69 Å². The molecule has 0 heterocycles. The van der Waals surface area contributed by atoms with E-state index in [0.717, 1.165) is 16.7 Å². The highest BCUT2D eigenvalue weighted by Crippen LogP contribution is 2.51. The normalized spacial score (nSPS) is 12.4. The topological polar surface area (TPSA) is 65.5 Å². The van der Waals surface area contributed by atoms with Crippen LogP contribution in [0, 0.1) is 42.7 Å². The van der Waals surface area contributed by atoms with Gasteiger partial charge in [-0.3, -0.25) is 0 Å². The molecule has 0 saturated carbocycles. The number of fused-ring (bicyclic) bond motifs is 3. The van der Waals surface area contributed by atoms with Gasteiger partial charge in [0.25, 0.3) is 5.70 Å². The van der Waals surface area contributed by atoms with Gasteiger partial charge in [0.05, 0.1) is 30.8 Å². The lowest BCUT2D eigenvalue weighted by molar-refractivity contribution is -0.0498. The van der Waals surface area contributed by atoms with E-state index in [4.69, 9.17) is 13.1 Å². The third kappa shape index (κ3) is 4.36. The van der Waals surface area contributed by atoms with E-state index in [1.54, 1.807) is 30.3 Å². The van der Waals surface area contributed by atoms with Gasteiger partial charge in [-0.05, 0) is 76.2 Å². The first kappa shape index (κ1) is 24.9. The van der Waals surface area contributed by atoms with Crippen LogP contribution in [-0.2, 0) is 0 Å². The molecule has 4 aromatic carbocycles. The van der Waals surface area contributed by atoms with Crippen molar-refractivity contribution < 1.29 is 13.5 Å². The van der Waals surface area contributed by atoms with Gasteiger partial charge >= 0.3 is 6.61 Å². The molecule has 0 aliphatic heterocycles. The quantitative estimate of drug-likeness (QED) is 0.180. The molecule has 0 atom stereocenters. The average molecular weight is 511 g/mol. The number of allylic oxidation sites excluding steroid dienone is 1. The number of nitriles is 2. The molecule has 5 nitrogen and oxygen atoms in total. The predicted molar refractivity (Wildman–Crippen MR) is 143 cm³/mol. The summed E-state index contributed by atoms with van der Waals surface area (Å²) in [6, 6.07) is 24.9. The minimum Gasteiger partial charge on any atom is -0.435 e. The number of halogens is 2. The second kappa shape index (κ2) is 9.95. The summed E-state index contributed by atoms with van der Waals surface area (Å²) in [5.74, 6) is -0.00545. The van der Waals surface area contributed by atoms with Crippen molar-refractivity contribution in [2.45, 2.75) is 13.5 Å². The van der Waals surface area contributed by atoms with Crippen LogP contribution in [0.1, 0.15) is 22.3 Å². The largest absolute Gasteiger partial charge is 0.435 e. The van der Waals surface area contributed by atoms with Crippen LogP contribution < -0.4 is 4.74 Å². The van der Waals surface area contributed by atoms with E-state index in [0.29, 0.717) is 44.6 Å². The summed E-state index contributed by atoms with van der Waals surface area (Å²) in [5, 5.41) is 19.7. The first-order valence-corrected chi connectivity index (χ1v) is 11.7. The van der Waals surface area contributed by atoms with Crippen molar-refractivity contribution in [2.75, 3.05) is 0 Å². The third-order valence-electron chi connectivity index (χ3n) is 6.57. The summed E-state index contributed by atoms with van der Waals surface area (Å²) in [5.41, 5.74) is 7.24. The molecule has 7 heteroatoms. The predicted octanol–water partition coefficient (Wildman–Crippen LogP) is 8.54. The number of aryl methyl sites for hydroxylation is 1. The number of alkyl halides is 2. The summed E-state index contributed by atoms with van der Waals surface area (Å²) >= 11 is 0. The molecule has 5 rings (SSSR count). The lowest BCUT2D eigenvalue weighted by Crippen LogP contribution is -2.01. The van der Waals surface area contributed by atoms with Crippen LogP contribution in [0.2, 0.25) is 0 Å². The third-order valence-corrected chi connectivity index (χ3v) is 6.57. The second-order valence-electron chi connectivity index (χ2n) is 8.80. The summed E-state index contributed by atoms with van der Waals surface area (Å²) in [4.78, 5) is 7.17. The standard InChI is InChI=1S/C32H16F2N4O/c1-18-4-6-20(7-5-18)24-14-26-25-13-23(19-8-10-22(11-9-19)39-32(33)34)21(16-35)12-27(25)31(30(17-36)38-3)28(26)15-29(24)37-2/h4-15,32H,1H3/b31-30-. The number of hydrogen-bond acceptors (Lipinski definition) is 3. The van der Waals surface area contributed by atoms with Crippen molar-refractivity contribution in [3.63, 3.8) is 0 Å². The monoisotopic (exact) mass is 510 g/mol. The van der Waals surface area contributed by atoms with Gasteiger partial charge in [-0.15, -0.1) is 0 Å². The highest BCUT2D eigenvalue weighted by molar-refractivity contribution is 6.07. The molecule has 184 valence electrons. The highest BCUT2D eigenvalue weighted by Gasteiger charge is 2.30. The molecule has 1 aliphatic carbocycles. The minimum absolute atomic E-state index is 0.00545. The van der Waals surface area contributed by atoms with Gasteiger partial charge in [0, 0.05) is 11.1 Å². The molecule has 0 fully saturated rings. The minimum atomic E-state index is -2.95. The molecule has 1 aliphatic rings. The van der Waals surface area contributed by atoms with Gasteiger partial charge in [-0.25, -0.2) is 15.0 Å². The summed E-state index contributed by atoms with van der Waals surface area (Å²) in [7, 11) is 0. The Morgan fingerprint density at radius 3 is 1.95 bits per heavy atom. The maximum Gasteiger partial charge on any atom is 0.387 e. The Bertz CT molecular complexity index is 1830. The van der Waals surface area contributed by atoms with Crippen LogP contribution in [0.25, 0.3) is 48.6 Å². The molecule has 0 unspecified atom stereocenters. The van der Waals surface area contributed by atoms with E-state index in [2.05, 4.69) is 20.5 Å². The fraction of sp³-hybridized carbons (Fsp3) is 0.0625. The number of nitrogens with zero attached hydrogens (tertiary/aromatic N) is 4. The zero-order chi connectivity index (χ0) is 27.7. The molecule has 0 saturated heterocycles. The van der Waals surface area contributed by atoms with Crippen LogP contribution in [0.4, 0.5) is 14.5 Å². The molecular weight excluding hydrogens is 494 g/mol. The van der Waals surface area contributed by atoms with Crippen LogP contribution in [-0.4, -0.2) is 6.61 Å². The molecule has 0 radical (unpaired) electrons. The first-order valence-electron chi connectivity index (χ1n) is 11.7. The molecule has 0 bridgehead atoms. The summed E-state index contributed by atoms with van der Waals surface area (Å²) in [6.07, 6.45) is 0. The number of benzene rings is 4. The maximum absolute atomic E-state index is 12.6. The molecule has 0 N–H and O–H groups in total. The van der Waals surface area contributed by atoms with Crippen LogP contribution >= 0.6 is 0 Å². The Hall–Kier alpha value is -5.76. The van der Waals surface area contributed by atoms with E-state index >= 15 is 0 Å². The molecule has 0 aromatic heterocycles. The first-order chi connectivity index (χ1) is 18.9. The Balaban J connectivity index is 1.79. The molecular formula is C32H16F2N4O. The number of rotatable bonds is 4. The number of ether oxygens (including phenoxy) is 1. The molecule has 39 heavy (non-hydrogen) atoms. The second-order valence-corrected chi connectivity index (χ2v) is 8.80. The average Bonchev–Trinajstić information content (AvgIpc) is 3.25. The van der Waals surface area contributed by atoms with Crippen molar-refractivity contribution in [1.29, 1.82) is 10.5 Å². The van der Waals surface area contributed by atoms with E-state index in [-0.39, 0.29) is 17.0 Å². The summed E-state index contributed by atoms with van der Waals surface area (Å²) < 4.78 is 29.7. The van der Waals surface area contributed by atoms with Crippen molar-refractivity contribution >= 4 is 11.3 Å². The van der Waals surface area contributed by atoms with Crippen LogP contribution in [0.15, 0.2) is 78.5 Å². The Morgan fingerprint density at radius 1 is 0.795 bits per heavy atom. The van der Waals surface area contributed by atoms with Gasteiger partial charge in [-0.1, -0.05) is 48.0 Å². The van der Waals surface area contributed by atoms with Gasteiger partial charge in [0.2, 0.25) is 0 Å². The lowest BCUT2D eigenvalue weighted by atomic mass is 9.92. The molecule has 4 aromatic rings. The Kier molecular flexibility index (Phi) is 6.35. The van der Waals surface area contributed by atoms with E-state index in [1.807, 2.05) is 43.3 Å². The van der Waals surface area contributed by atoms with Gasteiger partial charge < -0.3 is 4.74 Å². The van der Waals surface area contributed by atoms with E-state index in [1.165, 1.54) is 12.1 Å². The maximum atomic E-state index is 12.6. The fourth-order valence-corrected chi connectivity index (χ4v) is 4.79. The van der Waals surface area contributed by atoms with Crippen molar-refractivity contribution in [3.05, 3.63) is 124 Å². The zero-order valence-corrected chi connectivity index (χ0v) is 20.5. The zero-order valence-electron chi connectivity index (χ0n) is 20.5. The number of hydrogen-bond donors (Lipinski definition) is 0. The fourth-order valence-electron chi connectivity index (χ4n) is 4.79. The molecule has 0 spiro atoms. The van der Waals surface area contributed by atoms with E-state index < -0.39 is 6.61 Å². The van der Waals surface area contributed by atoms with Crippen molar-refractivity contribution in [3.8, 4) is 51.3 Å². The SMILES string of the molecule is [C-]#[N+]/C(C#N)=C1/c2cc(C#N)c(-c3ccc(OC(F)F)cc3)cc2-c2cc(-c3ccc(C)cc3)c([N+]#[C-])cc21. The highest BCUT2D eigenvalue weighted by atomic mass is 19.3. The van der Waals surface area contributed by atoms with Crippen LogP contribution in [0.5, 0.6) is 5.75 Å². The van der Waals surface area contributed by atoms with Gasteiger partial charge in [0.1, 0.15) is 5.75 Å². The van der Waals surface area contributed by atoms with Crippen molar-refractivity contribution in [1.82, 2.24) is 0 Å². The van der Waals surface area contributed by atoms with Crippen molar-refractivity contribution in [2.24, 2.45) is 0 Å². The Morgan fingerprint density at radius 2 is 1.38 bits per heavy atom. The molecule has 0 amide bonds. The van der Waals surface area contributed by atoms with E-state index in [9.17, 15) is 19.3 Å². The smallest absolute Gasteiger partial charge is 0.387 e. The van der Waals surface area contributed by atoms with Gasteiger partial charge in [-0.2, -0.15) is 14.0 Å². The Labute approximate surface area is 223 Å². The summed E-state index contributed by atoms with van der Waals surface area (Å²) in [6.45, 7) is 14.4. The lowest BCUT2D eigenvalue weighted by Gasteiger charge is -2.12.